The van der Waals surface area contributed by atoms with E-state index in [-0.39, 0.29) is 22.2 Å². The summed E-state index contributed by atoms with van der Waals surface area (Å²) in [5.74, 6) is -1.43. The third-order valence-corrected chi connectivity index (χ3v) is 7.10. The quantitative estimate of drug-likeness (QED) is 0.530. The van der Waals surface area contributed by atoms with Crippen LogP contribution in [0, 0.1) is 0 Å². The average molecular weight is 467 g/mol. The molecule has 0 radical (unpaired) electrons. The van der Waals surface area contributed by atoms with Gasteiger partial charge in [-0.2, -0.15) is 0 Å². The van der Waals surface area contributed by atoms with Gasteiger partial charge in [-0.15, -0.1) is 11.8 Å². The zero-order valence-corrected chi connectivity index (χ0v) is 17.0. The van der Waals surface area contributed by atoms with E-state index in [1.807, 2.05) is 6.07 Å². The summed E-state index contributed by atoms with van der Waals surface area (Å²) in [6.45, 7) is 0. The lowest BCUT2D eigenvalue weighted by Gasteiger charge is -2.50. The first-order valence-corrected chi connectivity index (χ1v) is 10.2. The standard InChI is InChI=1S/C16H14BrCl2NO4S/c1-24-13-14(21)20-12(16(22)23)8(6-17)11(25-15(13)20)5-7-2-3-9(18)10(19)4-7/h2-4,11,13,15H,5-6H2,1H3,(H,22,23)/t11?,13-,15+/m0/s1. The summed E-state index contributed by atoms with van der Waals surface area (Å²) >= 11 is 16.9. The highest BCUT2D eigenvalue weighted by molar-refractivity contribution is 9.09. The van der Waals surface area contributed by atoms with Crippen LogP contribution >= 0.6 is 50.9 Å². The summed E-state index contributed by atoms with van der Waals surface area (Å²) in [5, 5.41) is 10.5. The van der Waals surface area contributed by atoms with Crippen molar-refractivity contribution in [2.24, 2.45) is 0 Å². The number of carboxylic acid groups (broad SMARTS) is 1. The zero-order valence-electron chi connectivity index (χ0n) is 13.0. The second-order valence-electron chi connectivity index (χ2n) is 5.65. The monoisotopic (exact) mass is 465 g/mol. The summed E-state index contributed by atoms with van der Waals surface area (Å²) in [6.07, 6.45) is -0.0404. The minimum atomic E-state index is -1.11. The molecule has 1 unspecified atom stereocenters. The summed E-state index contributed by atoms with van der Waals surface area (Å²) in [6, 6.07) is 5.37. The van der Waals surface area contributed by atoms with Gasteiger partial charge in [0.2, 0.25) is 0 Å². The molecule has 2 aliphatic rings. The van der Waals surface area contributed by atoms with Gasteiger partial charge in [-0.3, -0.25) is 9.69 Å². The third-order valence-electron chi connectivity index (χ3n) is 4.24. The molecule has 25 heavy (non-hydrogen) atoms. The van der Waals surface area contributed by atoms with E-state index < -0.39 is 12.1 Å². The van der Waals surface area contributed by atoms with Crippen LogP contribution in [0.15, 0.2) is 29.5 Å². The van der Waals surface area contributed by atoms with Crippen molar-refractivity contribution in [1.82, 2.24) is 4.90 Å². The SMILES string of the molecule is CO[C@H]1C(=O)N2C(C(=O)O)=C(CBr)C(Cc3ccc(Cl)c(Cl)c3)S[C@H]12. The molecule has 9 heteroatoms. The molecule has 5 nitrogen and oxygen atoms in total. The van der Waals surface area contributed by atoms with Crippen LogP contribution in [0.25, 0.3) is 0 Å². The summed E-state index contributed by atoms with van der Waals surface area (Å²) in [5.41, 5.74) is 1.66. The number of carbonyl (C=O) groups excluding carboxylic acids is 1. The van der Waals surface area contributed by atoms with E-state index in [0.717, 1.165) is 5.56 Å². The van der Waals surface area contributed by atoms with Gasteiger partial charge in [0.1, 0.15) is 11.1 Å². The number of fused-ring (bicyclic) bond motifs is 1. The molecule has 1 aromatic carbocycles. The first kappa shape index (κ1) is 19.0. The van der Waals surface area contributed by atoms with Crippen LogP contribution in [-0.2, 0) is 20.7 Å². The number of methoxy groups -OCH3 is 1. The van der Waals surface area contributed by atoms with Gasteiger partial charge in [-0.05, 0) is 29.7 Å². The molecule has 1 aromatic rings. The highest BCUT2D eigenvalue weighted by Gasteiger charge is 2.55. The van der Waals surface area contributed by atoms with Crippen LogP contribution in [0.3, 0.4) is 0 Å². The topological polar surface area (TPSA) is 66.8 Å². The van der Waals surface area contributed by atoms with Crippen molar-refractivity contribution >= 4 is 62.8 Å². The molecular formula is C16H14BrCl2NO4S. The number of carbonyl (C=O) groups is 2. The Morgan fingerprint density at radius 3 is 2.68 bits per heavy atom. The average Bonchev–Trinajstić information content (AvgIpc) is 2.57. The molecule has 0 saturated carbocycles. The minimum absolute atomic E-state index is 0.0454. The summed E-state index contributed by atoms with van der Waals surface area (Å²) in [4.78, 5) is 25.3. The lowest BCUT2D eigenvalue weighted by molar-refractivity contribution is -0.162. The summed E-state index contributed by atoms with van der Waals surface area (Å²) < 4.78 is 5.22. The number of halogens is 3. The Labute approximate surface area is 167 Å². The number of aliphatic carboxylic acids is 1. The van der Waals surface area contributed by atoms with Gasteiger partial charge < -0.3 is 9.84 Å². The van der Waals surface area contributed by atoms with Crippen molar-refractivity contribution in [3.8, 4) is 0 Å². The van der Waals surface area contributed by atoms with Crippen LogP contribution in [0.2, 0.25) is 10.0 Å². The van der Waals surface area contributed by atoms with Crippen molar-refractivity contribution in [3.05, 3.63) is 45.1 Å². The molecule has 1 saturated heterocycles. The molecule has 134 valence electrons. The van der Waals surface area contributed by atoms with Crippen molar-refractivity contribution in [2.75, 3.05) is 12.4 Å². The minimum Gasteiger partial charge on any atom is -0.477 e. The number of benzene rings is 1. The molecule has 1 fully saturated rings. The van der Waals surface area contributed by atoms with Crippen LogP contribution in [0.5, 0.6) is 0 Å². The largest absolute Gasteiger partial charge is 0.477 e. The molecular weight excluding hydrogens is 453 g/mol. The first-order valence-electron chi connectivity index (χ1n) is 7.36. The summed E-state index contributed by atoms with van der Waals surface area (Å²) in [7, 11) is 1.46. The molecule has 0 aliphatic carbocycles. The molecule has 3 rings (SSSR count). The van der Waals surface area contributed by atoms with Crippen LogP contribution in [-0.4, -0.2) is 51.1 Å². The first-order chi connectivity index (χ1) is 11.9. The number of nitrogens with zero attached hydrogens (tertiary/aromatic N) is 1. The van der Waals surface area contributed by atoms with E-state index in [0.29, 0.717) is 27.4 Å². The predicted molar refractivity (Wildman–Crippen MR) is 101 cm³/mol. The van der Waals surface area contributed by atoms with Crippen LogP contribution in [0.4, 0.5) is 0 Å². The van der Waals surface area contributed by atoms with Crippen LogP contribution in [0.1, 0.15) is 5.56 Å². The van der Waals surface area contributed by atoms with Gasteiger partial charge in [-0.25, -0.2) is 4.79 Å². The predicted octanol–water partition coefficient (Wildman–Crippen LogP) is 3.57. The lowest BCUT2D eigenvalue weighted by Crippen LogP contribution is -2.66. The molecule has 1 amide bonds. The maximum Gasteiger partial charge on any atom is 0.352 e. The van der Waals surface area contributed by atoms with Gasteiger partial charge in [-0.1, -0.05) is 45.2 Å². The Hall–Kier alpha value is -0.730. The molecule has 1 N–H and O–H groups in total. The highest BCUT2D eigenvalue weighted by Crippen LogP contribution is 2.46. The smallest absolute Gasteiger partial charge is 0.352 e. The number of thioether (sulfide) groups is 1. The fourth-order valence-electron chi connectivity index (χ4n) is 3.02. The number of amides is 1. The Balaban J connectivity index is 1.97. The number of ether oxygens (including phenoxy) is 1. The number of β-lactam (4-membered cyclic amide) rings is 1. The lowest BCUT2D eigenvalue weighted by atomic mass is 9.99. The number of carboxylic acids is 1. The van der Waals surface area contributed by atoms with E-state index in [4.69, 9.17) is 27.9 Å². The Bertz CT molecular complexity index is 773. The van der Waals surface area contributed by atoms with Crippen molar-refractivity contribution in [3.63, 3.8) is 0 Å². The number of hydrogen-bond acceptors (Lipinski definition) is 4. The van der Waals surface area contributed by atoms with Gasteiger partial charge in [0.05, 0.1) is 10.0 Å². The Morgan fingerprint density at radius 1 is 1.40 bits per heavy atom. The van der Waals surface area contributed by atoms with Gasteiger partial charge in [0, 0.05) is 17.7 Å². The third kappa shape index (κ3) is 3.32. The Kier molecular flexibility index (Phi) is 5.70. The van der Waals surface area contributed by atoms with Gasteiger partial charge in [0.15, 0.2) is 6.10 Å². The van der Waals surface area contributed by atoms with Crippen molar-refractivity contribution in [1.29, 1.82) is 0 Å². The number of alkyl halides is 1. The number of hydrogen-bond donors (Lipinski definition) is 1. The van der Waals surface area contributed by atoms with Crippen molar-refractivity contribution < 1.29 is 19.4 Å². The highest BCUT2D eigenvalue weighted by atomic mass is 79.9. The van der Waals surface area contributed by atoms with E-state index >= 15 is 0 Å². The molecule has 0 aromatic heterocycles. The van der Waals surface area contributed by atoms with Gasteiger partial charge >= 0.3 is 5.97 Å². The van der Waals surface area contributed by atoms with Gasteiger partial charge in [0.25, 0.3) is 5.91 Å². The molecule has 2 aliphatic heterocycles. The van der Waals surface area contributed by atoms with E-state index in [1.54, 1.807) is 12.1 Å². The van der Waals surface area contributed by atoms with Crippen molar-refractivity contribution in [2.45, 2.75) is 23.1 Å². The number of rotatable bonds is 5. The van der Waals surface area contributed by atoms with E-state index in [2.05, 4.69) is 15.9 Å². The second-order valence-corrected chi connectivity index (χ2v) is 8.34. The van der Waals surface area contributed by atoms with Crippen LogP contribution < -0.4 is 0 Å². The maximum absolute atomic E-state index is 12.2. The molecule has 2 heterocycles. The second kappa shape index (κ2) is 7.48. The molecule has 3 atom stereocenters. The fraction of sp³-hybridized carbons (Fsp3) is 0.375. The molecule has 0 spiro atoms. The Morgan fingerprint density at radius 2 is 2.12 bits per heavy atom. The van der Waals surface area contributed by atoms with E-state index in [1.165, 1.54) is 23.8 Å². The van der Waals surface area contributed by atoms with E-state index in [9.17, 15) is 14.7 Å². The normalized spacial score (nSPS) is 25.7. The fourth-order valence-corrected chi connectivity index (χ4v) is 5.90. The zero-order chi connectivity index (χ0) is 18.3. The molecule has 0 bridgehead atoms. The maximum atomic E-state index is 12.2.